The molecule has 0 aliphatic rings. The third-order valence-electron chi connectivity index (χ3n) is 1.60. The Morgan fingerprint density at radius 1 is 1.25 bits per heavy atom. The Balaban J connectivity index is 3.01. The van der Waals surface area contributed by atoms with Gasteiger partial charge in [-0.15, -0.1) is 0 Å². The fourth-order valence-electron chi connectivity index (χ4n) is 0.886. The van der Waals surface area contributed by atoms with Crippen LogP contribution in [0.2, 0.25) is 0 Å². The van der Waals surface area contributed by atoms with Crippen LogP contribution in [0.25, 0.3) is 5.03 Å². The van der Waals surface area contributed by atoms with E-state index in [1.165, 1.54) is 6.92 Å². The van der Waals surface area contributed by atoms with Crippen molar-refractivity contribution in [3.63, 3.8) is 0 Å². The quantitative estimate of drug-likeness (QED) is 0.640. The molecule has 12 heavy (non-hydrogen) atoms. The zero-order chi connectivity index (χ0) is 9.14. The number of hydrogen-bond acceptors (Lipinski definition) is 1. The van der Waals surface area contributed by atoms with Crippen molar-refractivity contribution in [2.75, 3.05) is 0 Å². The molecular weight excluding hydrogens is 172 g/mol. The molecule has 0 saturated heterocycles. The van der Waals surface area contributed by atoms with Crippen molar-refractivity contribution in [1.82, 2.24) is 0 Å². The lowest BCUT2D eigenvalue weighted by Crippen LogP contribution is -1.90. The van der Waals surface area contributed by atoms with Gasteiger partial charge in [0.1, 0.15) is 0 Å². The zero-order valence-corrected chi connectivity index (χ0v) is 7.56. The van der Waals surface area contributed by atoms with E-state index in [0.717, 1.165) is 5.56 Å². The lowest BCUT2D eigenvalue weighted by atomic mass is 10.1. The summed E-state index contributed by atoms with van der Waals surface area (Å²) in [5.74, 6) is 0.0572. The Morgan fingerprint density at radius 2 is 1.67 bits per heavy atom. The summed E-state index contributed by atoms with van der Waals surface area (Å²) in [6.45, 7) is 5.11. The van der Waals surface area contributed by atoms with Crippen molar-refractivity contribution >= 4 is 22.4 Å². The minimum Gasteiger partial charge on any atom is -0.295 e. The summed E-state index contributed by atoms with van der Waals surface area (Å²) in [6, 6.07) is 7.05. The molecule has 1 rings (SSSR count). The van der Waals surface area contributed by atoms with Gasteiger partial charge in [-0.1, -0.05) is 42.4 Å². The Labute approximate surface area is 76.7 Å². The van der Waals surface area contributed by atoms with E-state index in [2.05, 4.69) is 6.58 Å². The molecule has 0 atom stereocenters. The van der Waals surface area contributed by atoms with E-state index < -0.39 is 0 Å². The molecule has 0 spiro atoms. The number of benzene rings is 1. The fourth-order valence-corrected chi connectivity index (χ4v) is 1.01. The SMILES string of the molecule is C=C(Cl)c1ccc(C(C)=O)cc1. The van der Waals surface area contributed by atoms with Crippen LogP contribution in [0.3, 0.4) is 0 Å². The topological polar surface area (TPSA) is 17.1 Å². The van der Waals surface area contributed by atoms with E-state index in [9.17, 15) is 4.79 Å². The molecule has 1 aromatic rings. The van der Waals surface area contributed by atoms with E-state index in [4.69, 9.17) is 11.6 Å². The fraction of sp³-hybridized carbons (Fsp3) is 0.100. The summed E-state index contributed by atoms with van der Waals surface area (Å²) in [7, 11) is 0. The van der Waals surface area contributed by atoms with Crippen molar-refractivity contribution in [3.8, 4) is 0 Å². The lowest BCUT2D eigenvalue weighted by molar-refractivity contribution is 0.101. The number of Topliss-reactive ketones (excluding diaryl/α,β-unsaturated/α-hetero) is 1. The van der Waals surface area contributed by atoms with Crippen LogP contribution in [0, 0.1) is 0 Å². The highest BCUT2D eigenvalue weighted by molar-refractivity contribution is 6.48. The molecule has 2 heteroatoms. The summed E-state index contributed by atoms with van der Waals surface area (Å²) < 4.78 is 0. The molecule has 0 N–H and O–H groups in total. The molecular formula is C10H9ClO. The number of ketones is 1. The maximum atomic E-state index is 10.9. The summed E-state index contributed by atoms with van der Waals surface area (Å²) in [5.41, 5.74) is 1.54. The van der Waals surface area contributed by atoms with Crippen LogP contribution >= 0.6 is 11.6 Å². The molecule has 0 aromatic heterocycles. The molecule has 0 unspecified atom stereocenters. The van der Waals surface area contributed by atoms with E-state index in [0.29, 0.717) is 10.6 Å². The second kappa shape index (κ2) is 3.55. The first-order valence-corrected chi connectivity index (χ1v) is 3.95. The van der Waals surface area contributed by atoms with Crippen LogP contribution in [0.1, 0.15) is 22.8 Å². The van der Waals surface area contributed by atoms with Gasteiger partial charge in [-0.05, 0) is 12.5 Å². The number of carbonyl (C=O) groups is 1. The third kappa shape index (κ3) is 1.95. The summed E-state index contributed by atoms with van der Waals surface area (Å²) in [4.78, 5) is 10.9. The molecule has 62 valence electrons. The second-order valence-electron chi connectivity index (χ2n) is 2.54. The third-order valence-corrected chi connectivity index (χ3v) is 1.82. The minimum atomic E-state index is 0.0572. The second-order valence-corrected chi connectivity index (χ2v) is 2.99. The van der Waals surface area contributed by atoms with Crippen molar-refractivity contribution in [1.29, 1.82) is 0 Å². The molecule has 0 aliphatic heterocycles. The molecule has 1 nitrogen and oxygen atoms in total. The number of hydrogen-bond donors (Lipinski definition) is 0. The van der Waals surface area contributed by atoms with Gasteiger partial charge in [-0.25, -0.2) is 0 Å². The van der Waals surface area contributed by atoms with Gasteiger partial charge < -0.3 is 0 Å². The van der Waals surface area contributed by atoms with Crippen molar-refractivity contribution in [3.05, 3.63) is 42.0 Å². The van der Waals surface area contributed by atoms with Gasteiger partial charge in [0.15, 0.2) is 5.78 Å². The van der Waals surface area contributed by atoms with Gasteiger partial charge >= 0.3 is 0 Å². The van der Waals surface area contributed by atoms with Gasteiger partial charge in [-0.3, -0.25) is 4.79 Å². The molecule has 0 aliphatic carbocycles. The molecule has 0 amide bonds. The van der Waals surface area contributed by atoms with Crippen molar-refractivity contribution in [2.45, 2.75) is 6.92 Å². The number of halogens is 1. The first-order valence-electron chi connectivity index (χ1n) is 3.57. The van der Waals surface area contributed by atoms with Gasteiger partial charge in [-0.2, -0.15) is 0 Å². The van der Waals surface area contributed by atoms with Crippen LogP contribution in [0.5, 0.6) is 0 Å². The van der Waals surface area contributed by atoms with Crippen LogP contribution < -0.4 is 0 Å². The average Bonchev–Trinajstić information content (AvgIpc) is 2.04. The van der Waals surface area contributed by atoms with E-state index >= 15 is 0 Å². The monoisotopic (exact) mass is 180 g/mol. The van der Waals surface area contributed by atoms with Crippen molar-refractivity contribution < 1.29 is 4.79 Å². The first-order chi connectivity index (χ1) is 5.61. The highest BCUT2D eigenvalue weighted by Gasteiger charge is 1.99. The number of carbonyl (C=O) groups excluding carboxylic acids is 1. The van der Waals surface area contributed by atoms with E-state index in [1.54, 1.807) is 24.3 Å². The maximum absolute atomic E-state index is 10.9. The normalized spacial score (nSPS) is 9.50. The first kappa shape index (κ1) is 9.01. The van der Waals surface area contributed by atoms with Gasteiger partial charge in [0.05, 0.1) is 0 Å². The zero-order valence-electron chi connectivity index (χ0n) is 6.80. The van der Waals surface area contributed by atoms with Gasteiger partial charge in [0.25, 0.3) is 0 Å². The smallest absolute Gasteiger partial charge is 0.159 e. The van der Waals surface area contributed by atoms with E-state index in [1.807, 2.05) is 0 Å². The number of rotatable bonds is 2. The van der Waals surface area contributed by atoms with Gasteiger partial charge in [0.2, 0.25) is 0 Å². The molecule has 0 fully saturated rings. The molecule has 0 radical (unpaired) electrons. The predicted octanol–water partition coefficient (Wildman–Crippen LogP) is 3.10. The van der Waals surface area contributed by atoms with E-state index in [-0.39, 0.29) is 5.78 Å². The molecule has 0 bridgehead atoms. The summed E-state index contributed by atoms with van der Waals surface area (Å²) in [5, 5.41) is 0.491. The van der Waals surface area contributed by atoms with Crippen molar-refractivity contribution in [2.24, 2.45) is 0 Å². The Bertz CT molecular complexity index is 278. The Hall–Kier alpha value is -1.08. The Morgan fingerprint density at radius 3 is 2.00 bits per heavy atom. The molecule has 1 aromatic carbocycles. The Kier molecular flexibility index (Phi) is 2.66. The standard InChI is InChI=1S/C10H9ClO/c1-7(11)9-3-5-10(6-4-9)8(2)12/h3-6H,1H2,2H3. The van der Waals surface area contributed by atoms with Crippen LogP contribution in [-0.2, 0) is 0 Å². The molecule has 0 heterocycles. The molecule has 0 saturated carbocycles. The maximum Gasteiger partial charge on any atom is 0.159 e. The highest BCUT2D eigenvalue weighted by Crippen LogP contribution is 2.16. The predicted molar refractivity (Wildman–Crippen MR) is 51.3 cm³/mol. The average molecular weight is 181 g/mol. The largest absolute Gasteiger partial charge is 0.295 e. The van der Waals surface area contributed by atoms with Gasteiger partial charge in [0, 0.05) is 10.6 Å². The van der Waals surface area contributed by atoms with Crippen LogP contribution in [0.15, 0.2) is 30.8 Å². The summed E-state index contributed by atoms with van der Waals surface area (Å²) in [6.07, 6.45) is 0. The minimum absolute atomic E-state index is 0.0572. The highest BCUT2D eigenvalue weighted by atomic mass is 35.5. The lowest BCUT2D eigenvalue weighted by Gasteiger charge is -1.98. The summed E-state index contributed by atoms with van der Waals surface area (Å²) >= 11 is 5.66. The van der Waals surface area contributed by atoms with Crippen LogP contribution in [0.4, 0.5) is 0 Å². The van der Waals surface area contributed by atoms with Crippen LogP contribution in [-0.4, -0.2) is 5.78 Å².